The molecule has 1 heterocycles. The van der Waals surface area contributed by atoms with Gasteiger partial charge in [0.1, 0.15) is 12.4 Å². The van der Waals surface area contributed by atoms with Gasteiger partial charge in [0.15, 0.2) is 5.96 Å². The second-order valence-electron chi connectivity index (χ2n) is 5.19. The molecule has 2 rings (SSSR count). The minimum Gasteiger partial charge on any atom is -0.492 e. The second-order valence-corrected chi connectivity index (χ2v) is 5.19. The van der Waals surface area contributed by atoms with Crippen molar-refractivity contribution in [2.75, 3.05) is 27.3 Å². The number of guanidine groups is 1. The molecule has 0 atom stereocenters. The van der Waals surface area contributed by atoms with E-state index in [-0.39, 0.29) is 24.0 Å². The third kappa shape index (κ3) is 7.59. The number of hydrogen-bond donors (Lipinski definition) is 2. The van der Waals surface area contributed by atoms with Gasteiger partial charge in [-0.05, 0) is 25.1 Å². The molecular weight excluding hydrogens is 431 g/mol. The highest BCUT2D eigenvalue weighted by atomic mass is 127. The van der Waals surface area contributed by atoms with E-state index in [2.05, 4.69) is 27.5 Å². The molecule has 1 aromatic heterocycles. The van der Waals surface area contributed by atoms with Crippen LogP contribution in [0.3, 0.4) is 0 Å². The number of aryl methyl sites for hydroxylation is 1. The van der Waals surface area contributed by atoms with Gasteiger partial charge in [0.05, 0.1) is 25.9 Å². The van der Waals surface area contributed by atoms with Gasteiger partial charge in [-0.15, -0.1) is 24.0 Å². The predicted molar refractivity (Wildman–Crippen MR) is 111 cm³/mol. The highest BCUT2D eigenvalue weighted by Crippen LogP contribution is 2.10. The van der Waals surface area contributed by atoms with Crippen LogP contribution in [0.1, 0.15) is 11.3 Å². The minimum atomic E-state index is 0. The molecule has 0 aliphatic carbocycles. The number of nitrogens with one attached hydrogen (secondary N) is 2. The smallest absolute Gasteiger partial charge is 0.213 e. The summed E-state index contributed by atoms with van der Waals surface area (Å²) in [5.41, 5.74) is 2.10. The molecule has 6 nitrogen and oxygen atoms in total. The Morgan fingerprint density at radius 1 is 1.12 bits per heavy atom. The van der Waals surface area contributed by atoms with E-state index in [0.29, 0.717) is 31.5 Å². The van der Waals surface area contributed by atoms with Gasteiger partial charge in [-0.3, -0.25) is 4.99 Å². The third-order valence-corrected chi connectivity index (χ3v) is 3.34. The molecule has 2 aromatic rings. The fourth-order valence-corrected chi connectivity index (χ4v) is 2.04. The molecule has 1 aromatic carbocycles. The molecule has 0 aliphatic rings. The van der Waals surface area contributed by atoms with Gasteiger partial charge >= 0.3 is 0 Å². The Bertz CT molecular complexity index is 662. The Balaban J connectivity index is 0.00000312. The SMILES string of the molecule is CN=C(NCCOc1ccc(C)cc1)NCc1cccc(OC)n1.I. The Labute approximate surface area is 166 Å². The molecule has 0 saturated heterocycles. The lowest BCUT2D eigenvalue weighted by molar-refractivity contribution is 0.322. The van der Waals surface area contributed by atoms with Crippen molar-refractivity contribution in [1.29, 1.82) is 0 Å². The summed E-state index contributed by atoms with van der Waals surface area (Å²) in [6, 6.07) is 13.7. The lowest BCUT2D eigenvalue weighted by Crippen LogP contribution is -2.39. The van der Waals surface area contributed by atoms with E-state index in [1.54, 1.807) is 14.2 Å². The van der Waals surface area contributed by atoms with Crippen molar-refractivity contribution in [3.05, 3.63) is 53.7 Å². The summed E-state index contributed by atoms with van der Waals surface area (Å²) in [4.78, 5) is 8.53. The van der Waals surface area contributed by atoms with E-state index in [1.807, 2.05) is 42.5 Å². The third-order valence-electron chi connectivity index (χ3n) is 3.34. The van der Waals surface area contributed by atoms with E-state index < -0.39 is 0 Å². The van der Waals surface area contributed by atoms with Crippen LogP contribution in [-0.2, 0) is 6.54 Å². The van der Waals surface area contributed by atoms with Crippen LogP contribution in [0.4, 0.5) is 0 Å². The summed E-state index contributed by atoms with van der Waals surface area (Å²) < 4.78 is 10.8. The highest BCUT2D eigenvalue weighted by Gasteiger charge is 2.01. The van der Waals surface area contributed by atoms with Crippen molar-refractivity contribution in [3.8, 4) is 11.6 Å². The Hall–Kier alpha value is -2.03. The zero-order chi connectivity index (χ0) is 17.2. The van der Waals surface area contributed by atoms with Gasteiger partial charge in [0.25, 0.3) is 0 Å². The van der Waals surface area contributed by atoms with Crippen LogP contribution in [-0.4, -0.2) is 38.3 Å². The van der Waals surface area contributed by atoms with Crippen molar-refractivity contribution in [2.45, 2.75) is 13.5 Å². The van der Waals surface area contributed by atoms with Crippen molar-refractivity contribution in [3.63, 3.8) is 0 Å². The summed E-state index contributed by atoms with van der Waals surface area (Å²) in [5.74, 6) is 2.17. The van der Waals surface area contributed by atoms with E-state index in [9.17, 15) is 0 Å². The minimum absolute atomic E-state index is 0. The summed E-state index contributed by atoms with van der Waals surface area (Å²) in [7, 11) is 3.34. The number of aliphatic imine (C=N–C) groups is 1. The first-order chi connectivity index (χ1) is 11.7. The standard InChI is InChI=1S/C18H24N4O2.HI/c1-14-7-9-16(10-8-14)24-12-11-20-18(19-2)21-13-15-5-4-6-17(22-15)23-3;/h4-10H,11-13H2,1-3H3,(H2,19,20,21);1H. The largest absolute Gasteiger partial charge is 0.492 e. The molecule has 0 saturated carbocycles. The molecular formula is C18H25IN4O2. The summed E-state index contributed by atoms with van der Waals surface area (Å²) >= 11 is 0. The fraction of sp³-hybridized carbons (Fsp3) is 0.333. The van der Waals surface area contributed by atoms with Gasteiger partial charge < -0.3 is 20.1 Å². The number of halogens is 1. The molecule has 0 amide bonds. The van der Waals surface area contributed by atoms with E-state index in [0.717, 1.165) is 11.4 Å². The highest BCUT2D eigenvalue weighted by molar-refractivity contribution is 14.0. The van der Waals surface area contributed by atoms with Crippen LogP contribution in [0.15, 0.2) is 47.5 Å². The maximum absolute atomic E-state index is 5.67. The summed E-state index contributed by atoms with van der Waals surface area (Å²) in [5, 5.41) is 6.41. The lowest BCUT2D eigenvalue weighted by Gasteiger charge is -2.12. The van der Waals surface area contributed by atoms with Gasteiger partial charge in [-0.2, -0.15) is 0 Å². The topological polar surface area (TPSA) is 67.8 Å². The molecule has 0 bridgehead atoms. The number of methoxy groups -OCH3 is 1. The number of aromatic nitrogens is 1. The van der Waals surface area contributed by atoms with Crippen molar-refractivity contribution in [2.24, 2.45) is 4.99 Å². The number of benzene rings is 1. The molecule has 0 radical (unpaired) electrons. The number of ether oxygens (including phenoxy) is 2. The van der Waals surface area contributed by atoms with Crippen LogP contribution < -0.4 is 20.1 Å². The average Bonchev–Trinajstić information content (AvgIpc) is 2.63. The molecule has 0 fully saturated rings. The molecule has 0 spiro atoms. The average molecular weight is 456 g/mol. The number of pyridine rings is 1. The van der Waals surface area contributed by atoms with Crippen LogP contribution in [0.2, 0.25) is 0 Å². The monoisotopic (exact) mass is 456 g/mol. The Morgan fingerprint density at radius 2 is 1.88 bits per heavy atom. The van der Waals surface area contributed by atoms with Gasteiger partial charge in [-0.25, -0.2) is 4.98 Å². The summed E-state index contributed by atoms with van der Waals surface area (Å²) in [6.45, 7) is 3.83. The first kappa shape index (κ1) is 21.0. The van der Waals surface area contributed by atoms with Crippen molar-refractivity contribution < 1.29 is 9.47 Å². The van der Waals surface area contributed by atoms with E-state index in [4.69, 9.17) is 9.47 Å². The fourth-order valence-electron chi connectivity index (χ4n) is 2.04. The van der Waals surface area contributed by atoms with Gasteiger partial charge in [0.2, 0.25) is 5.88 Å². The van der Waals surface area contributed by atoms with Gasteiger partial charge in [0, 0.05) is 13.1 Å². The van der Waals surface area contributed by atoms with Crippen LogP contribution in [0.5, 0.6) is 11.6 Å². The normalized spacial score (nSPS) is 10.6. The van der Waals surface area contributed by atoms with Crippen molar-refractivity contribution >= 4 is 29.9 Å². The van der Waals surface area contributed by atoms with E-state index in [1.165, 1.54) is 5.56 Å². The van der Waals surface area contributed by atoms with Crippen LogP contribution in [0, 0.1) is 6.92 Å². The molecule has 2 N–H and O–H groups in total. The second kappa shape index (κ2) is 11.5. The van der Waals surface area contributed by atoms with E-state index >= 15 is 0 Å². The number of hydrogen-bond acceptors (Lipinski definition) is 4. The van der Waals surface area contributed by atoms with Crippen molar-refractivity contribution in [1.82, 2.24) is 15.6 Å². The molecule has 136 valence electrons. The maximum atomic E-state index is 5.67. The van der Waals surface area contributed by atoms with Gasteiger partial charge in [-0.1, -0.05) is 23.8 Å². The first-order valence-corrected chi connectivity index (χ1v) is 7.85. The molecule has 0 unspecified atom stereocenters. The Kier molecular flexibility index (Phi) is 9.68. The summed E-state index contributed by atoms with van der Waals surface area (Å²) in [6.07, 6.45) is 0. The Morgan fingerprint density at radius 3 is 2.56 bits per heavy atom. The number of nitrogens with zero attached hydrogens (tertiary/aromatic N) is 2. The van der Waals surface area contributed by atoms with Crippen LogP contribution in [0.25, 0.3) is 0 Å². The van der Waals surface area contributed by atoms with Crippen LogP contribution >= 0.6 is 24.0 Å². The zero-order valence-electron chi connectivity index (χ0n) is 14.8. The molecule has 0 aliphatic heterocycles. The molecule has 7 heteroatoms. The lowest BCUT2D eigenvalue weighted by atomic mass is 10.2. The molecule has 25 heavy (non-hydrogen) atoms. The zero-order valence-corrected chi connectivity index (χ0v) is 17.1. The number of rotatable bonds is 7. The quantitative estimate of drug-likeness (QED) is 0.290. The maximum Gasteiger partial charge on any atom is 0.213 e. The first-order valence-electron chi connectivity index (χ1n) is 7.85. The predicted octanol–water partition coefficient (Wildman–Crippen LogP) is 2.76.